The van der Waals surface area contributed by atoms with E-state index in [2.05, 4.69) is 64.5 Å². The third-order valence-electron chi connectivity index (χ3n) is 5.39. The fraction of sp³-hybridized carbons (Fsp3) is 0.308. The summed E-state index contributed by atoms with van der Waals surface area (Å²) in [5.41, 5.74) is 6.97. The zero-order valence-corrected chi connectivity index (χ0v) is 20.9. The minimum absolute atomic E-state index is 0.130. The van der Waals surface area contributed by atoms with E-state index in [0.717, 1.165) is 43.6 Å². The fourth-order valence-electron chi connectivity index (χ4n) is 3.72. The third-order valence-corrected chi connectivity index (χ3v) is 6.64. The molecule has 1 fully saturated rings. The molecule has 2 aromatic carbocycles. The Labute approximate surface area is 206 Å². The standard InChI is InChI=1S/C26H30F2N5OP/c1-32(2)7-4-8-34-25-15-30-26(35-18-25)21-6-3-5-19(9-21)16-33-17-24(31-33)14-29-13-20-10-22(27)12-23(28)11-20/h3,5-6,9-15,18,26,31,35H,4,7-8,16-17H2,1-2H3/b24-14+,29-13?. The van der Waals surface area contributed by atoms with Crippen molar-refractivity contribution in [2.75, 3.05) is 33.8 Å². The lowest BCUT2D eigenvalue weighted by atomic mass is 10.1. The smallest absolute Gasteiger partial charge is 0.137 e. The van der Waals surface area contributed by atoms with Gasteiger partial charge in [0.15, 0.2) is 0 Å². The number of allylic oxidation sites excluding steroid dienone is 1. The van der Waals surface area contributed by atoms with E-state index >= 15 is 0 Å². The number of halogens is 2. The van der Waals surface area contributed by atoms with Crippen LogP contribution in [-0.2, 0) is 11.3 Å². The van der Waals surface area contributed by atoms with Crippen LogP contribution in [0.5, 0.6) is 0 Å². The molecule has 2 aliphatic rings. The molecular weight excluding hydrogens is 467 g/mol. The molecule has 9 heteroatoms. The lowest BCUT2D eigenvalue weighted by molar-refractivity contribution is 0.140. The Morgan fingerprint density at radius 1 is 1.23 bits per heavy atom. The summed E-state index contributed by atoms with van der Waals surface area (Å²) in [5.74, 6) is 1.91. The minimum atomic E-state index is -0.617. The molecule has 1 N–H and O–H groups in total. The topological polar surface area (TPSA) is 52.5 Å². The van der Waals surface area contributed by atoms with Gasteiger partial charge in [0.2, 0.25) is 0 Å². The number of benzene rings is 2. The number of hydrogen-bond donors (Lipinski definition) is 1. The predicted molar refractivity (Wildman–Crippen MR) is 139 cm³/mol. The highest BCUT2D eigenvalue weighted by molar-refractivity contribution is 7.42. The maximum atomic E-state index is 13.2. The van der Waals surface area contributed by atoms with Crippen LogP contribution in [0.25, 0.3) is 0 Å². The highest BCUT2D eigenvalue weighted by Crippen LogP contribution is 2.40. The monoisotopic (exact) mass is 497 g/mol. The van der Waals surface area contributed by atoms with Crippen LogP contribution in [-0.4, -0.2) is 56.1 Å². The summed E-state index contributed by atoms with van der Waals surface area (Å²) in [6.07, 6.45) is 5.94. The molecule has 0 aliphatic carbocycles. The molecule has 6 nitrogen and oxygen atoms in total. The molecule has 0 radical (unpaired) electrons. The largest absolute Gasteiger partial charge is 0.492 e. The Kier molecular flexibility index (Phi) is 8.74. The molecular formula is C26H30F2N5OP. The molecule has 0 aromatic heterocycles. The third kappa shape index (κ3) is 7.79. The van der Waals surface area contributed by atoms with Crippen molar-refractivity contribution in [3.8, 4) is 0 Å². The van der Waals surface area contributed by atoms with Crippen LogP contribution in [0, 0.1) is 11.6 Å². The first-order valence-corrected chi connectivity index (χ1v) is 12.7. The fourth-order valence-corrected chi connectivity index (χ4v) is 4.74. The van der Waals surface area contributed by atoms with Crippen LogP contribution < -0.4 is 5.43 Å². The first-order chi connectivity index (χ1) is 16.9. The van der Waals surface area contributed by atoms with Gasteiger partial charge in [0.05, 0.1) is 30.8 Å². The van der Waals surface area contributed by atoms with Gasteiger partial charge in [-0.1, -0.05) is 32.8 Å². The summed E-state index contributed by atoms with van der Waals surface area (Å²) in [5, 5.41) is 2.08. The van der Waals surface area contributed by atoms with E-state index in [9.17, 15) is 8.78 Å². The van der Waals surface area contributed by atoms with Gasteiger partial charge in [0, 0.05) is 31.6 Å². The van der Waals surface area contributed by atoms with Gasteiger partial charge >= 0.3 is 0 Å². The number of nitrogens with one attached hydrogen (secondary N) is 1. The molecule has 0 spiro atoms. The maximum absolute atomic E-state index is 13.2. The van der Waals surface area contributed by atoms with Gasteiger partial charge in [-0.3, -0.25) is 9.98 Å². The van der Waals surface area contributed by atoms with Crippen molar-refractivity contribution in [1.29, 1.82) is 0 Å². The predicted octanol–water partition coefficient (Wildman–Crippen LogP) is 4.82. The molecule has 184 valence electrons. The van der Waals surface area contributed by atoms with Gasteiger partial charge in [0.1, 0.15) is 17.4 Å². The summed E-state index contributed by atoms with van der Waals surface area (Å²) in [6, 6.07) is 11.8. The van der Waals surface area contributed by atoms with Crippen molar-refractivity contribution in [2.24, 2.45) is 9.98 Å². The maximum Gasteiger partial charge on any atom is 0.137 e. The summed E-state index contributed by atoms with van der Waals surface area (Å²) in [7, 11) is 4.67. The van der Waals surface area contributed by atoms with E-state index in [4.69, 9.17) is 9.73 Å². The quantitative estimate of drug-likeness (QED) is 0.291. The molecule has 2 aliphatic heterocycles. The van der Waals surface area contributed by atoms with E-state index in [1.54, 1.807) is 6.20 Å². The zero-order valence-electron chi connectivity index (χ0n) is 19.9. The van der Waals surface area contributed by atoms with Gasteiger partial charge in [-0.15, -0.1) is 0 Å². The summed E-state index contributed by atoms with van der Waals surface area (Å²) < 4.78 is 32.3. The average molecular weight is 498 g/mol. The van der Waals surface area contributed by atoms with Gasteiger partial charge < -0.3 is 15.1 Å². The zero-order chi connectivity index (χ0) is 24.6. The molecule has 2 heterocycles. The summed E-state index contributed by atoms with van der Waals surface area (Å²) in [6.45, 7) is 3.18. The number of aliphatic imine (C=N–C) groups is 2. The van der Waals surface area contributed by atoms with Gasteiger partial charge in [-0.25, -0.2) is 13.8 Å². The number of ether oxygens (including phenoxy) is 1. The lowest BCUT2D eigenvalue weighted by Gasteiger charge is -2.35. The van der Waals surface area contributed by atoms with Gasteiger partial charge in [-0.2, -0.15) is 0 Å². The van der Waals surface area contributed by atoms with Crippen molar-refractivity contribution in [2.45, 2.75) is 18.7 Å². The number of hydrazine groups is 1. The van der Waals surface area contributed by atoms with E-state index < -0.39 is 11.6 Å². The van der Waals surface area contributed by atoms with Crippen molar-refractivity contribution in [1.82, 2.24) is 15.3 Å². The number of hydrogen-bond acceptors (Lipinski definition) is 6. The number of rotatable bonds is 10. The van der Waals surface area contributed by atoms with Crippen LogP contribution in [0.1, 0.15) is 28.9 Å². The molecule has 0 saturated carbocycles. The molecule has 2 unspecified atom stereocenters. The molecule has 2 atom stereocenters. The first-order valence-electron chi connectivity index (χ1n) is 11.5. The second kappa shape index (κ2) is 12.2. The molecule has 35 heavy (non-hydrogen) atoms. The molecule has 0 amide bonds. The van der Waals surface area contributed by atoms with Gasteiger partial charge in [0.25, 0.3) is 0 Å². The van der Waals surface area contributed by atoms with Crippen molar-refractivity contribution < 1.29 is 13.5 Å². The molecule has 1 saturated heterocycles. The summed E-state index contributed by atoms with van der Waals surface area (Å²) >= 11 is 0. The molecule has 2 aromatic rings. The van der Waals surface area contributed by atoms with Gasteiger partial charge in [-0.05, 0) is 55.2 Å². The van der Waals surface area contributed by atoms with Crippen molar-refractivity contribution >= 4 is 21.0 Å². The highest BCUT2D eigenvalue weighted by Gasteiger charge is 2.20. The SMILES string of the molecule is CN(C)CCCOC1=CPC(c2cccc(CN3C/C(=C\N=Cc4cc(F)cc(F)c4)N3)c2)N=C1. The Morgan fingerprint density at radius 3 is 2.74 bits per heavy atom. The minimum Gasteiger partial charge on any atom is -0.492 e. The van der Waals surface area contributed by atoms with Crippen LogP contribution in [0.3, 0.4) is 0 Å². The highest BCUT2D eigenvalue weighted by atomic mass is 31.1. The Bertz CT molecular complexity index is 1120. The molecule has 4 rings (SSSR count). The Balaban J connectivity index is 1.23. The molecule has 0 bridgehead atoms. The van der Waals surface area contributed by atoms with Crippen LogP contribution in [0.15, 0.2) is 75.9 Å². The number of nitrogens with zero attached hydrogens (tertiary/aromatic N) is 4. The van der Waals surface area contributed by atoms with Crippen LogP contribution in [0.2, 0.25) is 0 Å². The Morgan fingerprint density at radius 2 is 2.03 bits per heavy atom. The van der Waals surface area contributed by atoms with Crippen LogP contribution in [0.4, 0.5) is 8.78 Å². The second-order valence-electron chi connectivity index (χ2n) is 8.75. The summed E-state index contributed by atoms with van der Waals surface area (Å²) in [4.78, 5) is 11.0. The second-order valence-corrected chi connectivity index (χ2v) is 9.92. The Hall–Kier alpha value is -2.93. The van der Waals surface area contributed by atoms with E-state index in [-0.39, 0.29) is 5.78 Å². The van der Waals surface area contributed by atoms with Crippen molar-refractivity contribution in [3.05, 3.63) is 94.3 Å². The normalized spacial score (nSPS) is 19.9. The average Bonchev–Trinajstić information content (AvgIpc) is 2.80. The van der Waals surface area contributed by atoms with E-state index in [0.29, 0.717) is 20.8 Å². The van der Waals surface area contributed by atoms with E-state index in [1.807, 2.05) is 6.21 Å². The first kappa shape index (κ1) is 25.2. The van der Waals surface area contributed by atoms with Crippen molar-refractivity contribution in [3.63, 3.8) is 0 Å². The van der Waals surface area contributed by atoms with E-state index in [1.165, 1.54) is 29.5 Å². The lowest BCUT2D eigenvalue weighted by Crippen LogP contribution is -2.50. The van der Waals surface area contributed by atoms with Crippen LogP contribution >= 0.6 is 8.58 Å².